The average molecular weight is 451 g/mol. The maximum absolute atomic E-state index is 13.2. The molecule has 3 aromatic heterocycles. The highest BCUT2D eigenvalue weighted by Gasteiger charge is 2.36. The fourth-order valence-electron chi connectivity index (χ4n) is 3.81. The SMILES string of the molecule is O=C(C1CC1)N(c1cccc(OCc2ccc(-n3cccn3)cc2)c1)c1nc2ccccn2n1. The maximum Gasteiger partial charge on any atom is 0.257 e. The highest BCUT2D eigenvalue weighted by atomic mass is 16.5. The van der Waals surface area contributed by atoms with Gasteiger partial charge in [0, 0.05) is 30.6 Å². The summed E-state index contributed by atoms with van der Waals surface area (Å²) in [5.41, 5.74) is 3.41. The number of amides is 1. The molecule has 8 heteroatoms. The lowest BCUT2D eigenvalue weighted by molar-refractivity contribution is -0.119. The quantitative estimate of drug-likeness (QED) is 0.363. The number of nitrogens with zero attached hydrogens (tertiary/aromatic N) is 6. The monoisotopic (exact) mass is 450 g/mol. The van der Waals surface area contributed by atoms with Gasteiger partial charge in [-0.05, 0) is 60.9 Å². The van der Waals surface area contributed by atoms with E-state index in [-0.39, 0.29) is 11.8 Å². The molecule has 5 aromatic rings. The Morgan fingerprint density at radius 3 is 2.65 bits per heavy atom. The standard InChI is InChI=1S/C26H22N6O2/c33-25(20-10-11-20)32(26-28-24-7-1-2-15-31(24)29-26)22-5-3-6-23(17-22)34-18-19-8-12-21(13-9-19)30-16-4-14-27-30/h1-9,12-17,20H,10-11,18H2. The Kier molecular flexibility index (Phi) is 5.03. The predicted molar refractivity (Wildman–Crippen MR) is 127 cm³/mol. The summed E-state index contributed by atoms with van der Waals surface area (Å²) in [5, 5.41) is 8.78. The highest BCUT2D eigenvalue weighted by molar-refractivity contribution is 6.01. The van der Waals surface area contributed by atoms with Crippen molar-refractivity contribution in [3.63, 3.8) is 0 Å². The van der Waals surface area contributed by atoms with Gasteiger partial charge in [0.25, 0.3) is 5.95 Å². The lowest BCUT2D eigenvalue weighted by Gasteiger charge is -2.20. The molecule has 0 radical (unpaired) electrons. The van der Waals surface area contributed by atoms with E-state index in [2.05, 4.69) is 15.2 Å². The summed E-state index contributed by atoms with van der Waals surface area (Å²) < 4.78 is 9.55. The molecule has 0 unspecified atom stereocenters. The number of aromatic nitrogens is 5. The summed E-state index contributed by atoms with van der Waals surface area (Å²) in [6, 6.07) is 23.1. The van der Waals surface area contributed by atoms with Crippen LogP contribution in [0.25, 0.3) is 11.3 Å². The van der Waals surface area contributed by atoms with Crippen LogP contribution in [-0.4, -0.2) is 30.3 Å². The number of rotatable bonds is 7. The van der Waals surface area contributed by atoms with E-state index in [0.717, 1.165) is 24.1 Å². The van der Waals surface area contributed by atoms with Crippen LogP contribution in [-0.2, 0) is 11.4 Å². The van der Waals surface area contributed by atoms with Crippen LogP contribution in [0.5, 0.6) is 5.75 Å². The minimum Gasteiger partial charge on any atom is -0.489 e. The molecule has 0 aliphatic heterocycles. The van der Waals surface area contributed by atoms with E-state index in [4.69, 9.17) is 4.74 Å². The summed E-state index contributed by atoms with van der Waals surface area (Å²) in [6.45, 7) is 0.409. The zero-order valence-corrected chi connectivity index (χ0v) is 18.4. The van der Waals surface area contributed by atoms with Crippen molar-refractivity contribution in [2.24, 2.45) is 5.92 Å². The van der Waals surface area contributed by atoms with E-state index in [0.29, 0.717) is 29.6 Å². The molecule has 3 heterocycles. The number of carbonyl (C=O) groups is 1. The number of benzene rings is 2. The molecule has 0 atom stereocenters. The third kappa shape index (κ3) is 4.01. The Morgan fingerprint density at radius 1 is 1.00 bits per heavy atom. The third-order valence-corrected chi connectivity index (χ3v) is 5.76. The van der Waals surface area contributed by atoms with Crippen molar-refractivity contribution in [3.8, 4) is 11.4 Å². The van der Waals surface area contributed by atoms with Gasteiger partial charge in [-0.2, -0.15) is 10.1 Å². The summed E-state index contributed by atoms with van der Waals surface area (Å²) in [7, 11) is 0. The molecule has 0 bridgehead atoms. The topological polar surface area (TPSA) is 77.5 Å². The van der Waals surface area contributed by atoms with Gasteiger partial charge in [-0.1, -0.05) is 24.3 Å². The molecular formula is C26H22N6O2. The second kappa shape index (κ2) is 8.47. The van der Waals surface area contributed by atoms with E-state index < -0.39 is 0 Å². The molecule has 0 spiro atoms. The van der Waals surface area contributed by atoms with E-state index in [1.807, 2.05) is 89.9 Å². The van der Waals surface area contributed by atoms with Crippen molar-refractivity contribution in [2.75, 3.05) is 4.90 Å². The maximum atomic E-state index is 13.2. The number of pyridine rings is 1. The number of ether oxygens (including phenoxy) is 1. The van der Waals surface area contributed by atoms with E-state index in [1.165, 1.54) is 0 Å². The van der Waals surface area contributed by atoms with Crippen LogP contribution in [0.4, 0.5) is 11.6 Å². The molecule has 6 rings (SSSR count). The van der Waals surface area contributed by atoms with Gasteiger partial charge in [0.1, 0.15) is 12.4 Å². The zero-order valence-electron chi connectivity index (χ0n) is 18.4. The second-order valence-electron chi connectivity index (χ2n) is 8.27. The zero-order chi connectivity index (χ0) is 22.9. The van der Waals surface area contributed by atoms with E-state index in [1.54, 1.807) is 15.6 Å². The highest BCUT2D eigenvalue weighted by Crippen LogP contribution is 2.36. The number of fused-ring (bicyclic) bond motifs is 1. The molecule has 1 aliphatic rings. The number of carbonyl (C=O) groups excluding carboxylic acids is 1. The number of hydrogen-bond acceptors (Lipinski definition) is 5. The van der Waals surface area contributed by atoms with Crippen molar-refractivity contribution >= 4 is 23.2 Å². The minimum atomic E-state index is 0.0160. The molecule has 8 nitrogen and oxygen atoms in total. The fraction of sp³-hybridized carbons (Fsp3) is 0.154. The van der Waals surface area contributed by atoms with Gasteiger partial charge in [0.15, 0.2) is 5.65 Å². The van der Waals surface area contributed by atoms with Gasteiger partial charge >= 0.3 is 0 Å². The number of anilines is 2. The lowest BCUT2D eigenvalue weighted by Crippen LogP contribution is -2.28. The first-order valence-electron chi connectivity index (χ1n) is 11.2. The average Bonchev–Trinajstić information content (AvgIpc) is 3.41. The lowest BCUT2D eigenvalue weighted by atomic mass is 10.2. The van der Waals surface area contributed by atoms with Crippen LogP contribution >= 0.6 is 0 Å². The molecule has 1 saturated carbocycles. The fourth-order valence-corrected chi connectivity index (χ4v) is 3.81. The summed E-state index contributed by atoms with van der Waals surface area (Å²) in [5.74, 6) is 1.08. The third-order valence-electron chi connectivity index (χ3n) is 5.76. The van der Waals surface area contributed by atoms with Crippen LogP contribution in [0.15, 0.2) is 91.4 Å². The van der Waals surface area contributed by atoms with Crippen LogP contribution in [0, 0.1) is 5.92 Å². The van der Waals surface area contributed by atoms with Gasteiger partial charge in [0.05, 0.1) is 11.4 Å². The molecule has 0 saturated heterocycles. The molecule has 1 amide bonds. The predicted octanol–water partition coefficient (Wildman–Crippen LogP) is 4.57. The van der Waals surface area contributed by atoms with Crippen molar-refractivity contribution in [3.05, 3.63) is 97.0 Å². The minimum absolute atomic E-state index is 0.0160. The van der Waals surface area contributed by atoms with Gasteiger partial charge in [0.2, 0.25) is 5.91 Å². The Labute approximate surface area is 196 Å². The normalized spacial score (nSPS) is 13.2. The molecule has 1 aliphatic carbocycles. The van der Waals surface area contributed by atoms with Gasteiger partial charge in [-0.15, -0.1) is 5.10 Å². The van der Waals surface area contributed by atoms with E-state index in [9.17, 15) is 4.79 Å². The summed E-state index contributed by atoms with van der Waals surface area (Å²) in [4.78, 5) is 19.4. The molecule has 34 heavy (non-hydrogen) atoms. The molecular weight excluding hydrogens is 428 g/mol. The first-order valence-corrected chi connectivity index (χ1v) is 11.2. The summed E-state index contributed by atoms with van der Waals surface area (Å²) in [6.07, 6.45) is 7.27. The van der Waals surface area contributed by atoms with Gasteiger partial charge in [-0.25, -0.2) is 14.1 Å². The number of hydrogen-bond donors (Lipinski definition) is 0. The van der Waals surface area contributed by atoms with Crippen LogP contribution in [0.1, 0.15) is 18.4 Å². The van der Waals surface area contributed by atoms with Gasteiger partial charge < -0.3 is 4.74 Å². The van der Waals surface area contributed by atoms with Gasteiger partial charge in [-0.3, -0.25) is 4.79 Å². The molecule has 2 aromatic carbocycles. The van der Waals surface area contributed by atoms with Crippen LogP contribution in [0.2, 0.25) is 0 Å². The Hall–Kier alpha value is -4.46. The molecule has 0 N–H and O–H groups in total. The Bertz CT molecular complexity index is 1400. The van der Waals surface area contributed by atoms with Crippen LogP contribution in [0.3, 0.4) is 0 Å². The van der Waals surface area contributed by atoms with Crippen molar-refractivity contribution in [1.82, 2.24) is 24.4 Å². The van der Waals surface area contributed by atoms with Crippen molar-refractivity contribution < 1.29 is 9.53 Å². The van der Waals surface area contributed by atoms with Crippen molar-refractivity contribution in [1.29, 1.82) is 0 Å². The van der Waals surface area contributed by atoms with Crippen molar-refractivity contribution in [2.45, 2.75) is 19.4 Å². The smallest absolute Gasteiger partial charge is 0.257 e. The first-order chi connectivity index (χ1) is 16.7. The molecule has 1 fully saturated rings. The molecule has 168 valence electrons. The van der Waals surface area contributed by atoms with Crippen LogP contribution < -0.4 is 9.64 Å². The Morgan fingerprint density at radius 2 is 1.88 bits per heavy atom. The Balaban J connectivity index is 1.24. The largest absolute Gasteiger partial charge is 0.489 e. The first kappa shape index (κ1) is 20.2. The summed E-state index contributed by atoms with van der Waals surface area (Å²) >= 11 is 0. The van der Waals surface area contributed by atoms with E-state index >= 15 is 0 Å². The second-order valence-corrected chi connectivity index (χ2v) is 8.27.